The van der Waals surface area contributed by atoms with E-state index in [1.807, 2.05) is 20.9 Å². The highest BCUT2D eigenvalue weighted by molar-refractivity contribution is 5.78. The third-order valence-electron chi connectivity index (χ3n) is 3.70. The minimum Gasteiger partial charge on any atom is -0.342 e. The second kappa shape index (κ2) is 6.36. The fourth-order valence-corrected chi connectivity index (χ4v) is 1.79. The van der Waals surface area contributed by atoms with Gasteiger partial charge in [0.1, 0.15) is 0 Å². The Kier molecular flexibility index (Phi) is 5.40. The van der Waals surface area contributed by atoms with Crippen molar-refractivity contribution in [2.75, 3.05) is 27.2 Å². The van der Waals surface area contributed by atoms with E-state index < -0.39 is 0 Å². The first-order chi connectivity index (χ1) is 7.93. The average molecular weight is 241 g/mol. The lowest BCUT2D eigenvalue weighted by molar-refractivity contribution is -0.130. The molecule has 0 bridgehead atoms. The Hall–Kier alpha value is -0.610. The van der Waals surface area contributed by atoms with Gasteiger partial charge in [0.15, 0.2) is 0 Å². The van der Waals surface area contributed by atoms with Crippen molar-refractivity contribution in [2.24, 2.45) is 0 Å². The molecule has 0 spiro atoms. The van der Waals surface area contributed by atoms with E-state index in [0.29, 0.717) is 12.6 Å². The van der Waals surface area contributed by atoms with E-state index in [1.54, 1.807) is 4.90 Å². The van der Waals surface area contributed by atoms with Crippen molar-refractivity contribution >= 4 is 5.91 Å². The molecule has 4 heteroatoms. The summed E-state index contributed by atoms with van der Waals surface area (Å²) in [5, 5.41) is 3.25. The van der Waals surface area contributed by atoms with Crippen molar-refractivity contribution in [1.29, 1.82) is 0 Å². The summed E-state index contributed by atoms with van der Waals surface area (Å²) in [4.78, 5) is 15.9. The predicted molar refractivity (Wildman–Crippen MR) is 71.0 cm³/mol. The topological polar surface area (TPSA) is 35.6 Å². The molecule has 0 radical (unpaired) electrons. The Balaban J connectivity index is 2.16. The highest BCUT2D eigenvalue weighted by Gasteiger charge is 2.28. The fourth-order valence-electron chi connectivity index (χ4n) is 1.79. The van der Waals surface area contributed by atoms with Crippen molar-refractivity contribution < 1.29 is 4.79 Å². The molecule has 0 saturated heterocycles. The van der Waals surface area contributed by atoms with Gasteiger partial charge >= 0.3 is 0 Å². The molecule has 1 N–H and O–H groups in total. The van der Waals surface area contributed by atoms with Gasteiger partial charge in [-0.3, -0.25) is 9.69 Å². The Morgan fingerprint density at radius 2 is 1.88 bits per heavy atom. The average Bonchev–Trinajstić information content (AvgIpc) is 3.10. The lowest BCUT2D eigenvalue weighted by atomic mass is 10.3. The van der Waals surface area contributed by atoms with Gasteiger partial charge in [-0.2, -0.15) is 0 Å². The third kappa shape index (κ3) is 4.64. The number of amides is 1. The number of carbonyl (C=O) groups is 1. The Morgan fingerprint density at radius 3 is 2.35 bits per heavy atom. The van der Waals surface area contributed by atoms with Gasteiger partial charge in [-0.15, -0.1) is 0 Å². The lowest BCUT2D eigenvalue weighted by Gasteiger charge is -2.26. The molecule has 0 aliphatic heterocycles. The van der Waals surface area contributed by atoms with Crippen molar-refractivity contribution in [3.05, 3.63) is 0 Å². The maximum Gasteiger partial charge on any atom is 0.236 e. The molecule has 17 heavy (non-hydrogen) atoms. The number of nitrogens with zero attached hydrogens (tertiary/aromatic N) is 2. The zero-order valence-corrected chi connectivity index (χ0v) is 11.9. The van der Waals surface area contributed by atoms with E-state index in [1.165, 1.54) is 12.8 Å². The van der Waals surface area contributed by atoms with Crippen LogP contribution in [0.15, 0.2) is 0 Å². The number of hydrogen-bond donors (Lipinski definition) is 1. The van der Waals surface area contributed by atoms with Crippen LogP contribution in [0.3, 0.4) is 0 Å². The summed E-state index contributed by atoms with van der Waals surface area (Å²) in [6.45, 7) is 7.59. The van der Waals surface area contributed by atoms with Gasteiger partial charge in [-0.25, -0.2) is 0 Å². The number of rotatable bonds is 7. The summed E-state index contributed by atoms with van der Waals surface area (Å²) >= 11 is 0. The zero-order chi connectivity index (χ0) is 13.0. The molecular formula is C13H27N3O. The second-order valence-electron chi connectivity index (χ2n) is 5.47. The summed E-state index contributed by atoms with van der Waals surface area (Å²) < 4.78 is 0. The number of carbonyl (C=O) groups excluding carboxylic acids is 1. The molecule has 1 atom stereocenters. The van der Waals surface area contributed by atoms with Crippen LogP contribution in [0.5, 0.6) is 0 Å². The van der Waals surface area contributed by atoms with Gasteiger partial charge < -0.3 is 10.2 Å². The number of nitrogens with one attached hydrogen (secondary N) is 1. The van der Waals surface area contributed by atoms with Gasteiger partial charge in [-0.05, 0) is 40.7 Å². The first-order valence-corrected chi connectivity index (χ1v) is 6.61. The minimum atomic E-state index is 0.168. The fraction of sp³-hybridized carbons (Fsp3) is 0.923. The maximum atomic E-state index is 11.7. The van der Waals surface area contributed by atoms with Crippen LogP contribution in [-0.2, 0) is 4.79 Å². The molecule has 1 fully saturated rings. The van der Waals surface area contributed by atoms with Gasteiger partial charge in [-0.1, -0.05) is 0 Å². The lowest BCUT2D eigenvalue weighted by Crippen LogP contribution is -2.44. The Morgan fingerprint density at radius 1 is 1.29 bits per heavy atom. The van der Waals surface area contributed by atoms with Gasteiger partial charge in [0.25, 0.3) is 0 Å². The number of likely N-dealkylation sites (N-methyl/N-ethyl adjacent to an activating group) is 2. The minimum absolute atomic E-state index is 0.168. The molecule has 1 saturated carbocycles. The summed E-state index contributed by atoms with van der Waals surface area (Å²) in [7, 11) is 4.03. The second-order valence-corrected chi connectivity index (χ2v) is 5.47. The largest absolute Gasteiger partial charge is 0.342 e. The van der Waals surface area contributed by atoms with E-state index in [-0.39, 0.29) is 11.9 Å². The first kappa shape index (κ1) is 14.5. The summed E-state index contributed by atoms with van der Waals surface area (Å²) in [5.41, 5.74) is 0. The maximum absolute atomic E-state index is 11.7. The van der Waals surface area contributed by atoms with Crippen molar-refractivity contribution in [3.8, 4) is 0 Å². The van der Waals surface area contributed by atoms with E-state index in [9.17, 15) is 4.79 Å². The van der Waals surface area contributed by atoms with Crippen LogP contribution in [0.2, 0.25) is 0 Å². The normalized spacial score (nSPS) is 17.6. The smallest absolute Gasteiger partial charge is 0.236 e. The summed E-state index contributed by atoms with van der Waals surface area (Å²) in [6, 6.07) is 1.55. The molecule has 100 valence electrons. The van der Waals surface area contributed by atoms with Crippen LogP contribution in [0.1, 0.15) is 33.6 Å². The number of hydrogen-bond acceptors (Lipinski definition) is 3. The van der Waals surface area contributed by atoms with Crippen LogP contribution < -0.4 is 5.32 Å². The van der Waals surface area contributed by atoms with E-state index >= 15 is 0 Å². The summed E-state index contributed by atoms with van der Waals surface area (Å²) in [5.74, 6) is 0.168. The highest BCUT2D eigenvalue weighted by Crippen LogP contribution is 2.26. The highest BCUT2D eigenvalue weighted by atomic mass is 16.2. The van der Waals surface area contributed by atoms with E-state index in [0.717, 1.165) is 12.6 Å². The third-order valence-corrected chi connectivity index (χ3v) is 3.70. The molecule has 1 unspecified atom stereocenters. The van der Waals surface area contributed by atoms with Crippen LogP contribution in [-0.4, -0.2) is 61.0 Å². The van der Waals surface area contributed by atoms with Crippen LogP contribution in [0.25, 0.3) is 0 Å². The quantitative estimate of drug-likeness (QED) is 0.720. The van der Waals surface area contributed by atoms with Gasteiger partial charge in [0.05, 0.1) is 6.54 Å². The standard InChI is InChI=1S/C13H27N3O/c1-10(2)15(4)13(17)9-14-8-11(3)16(5)12-6-7-12/h10-12,14H,6-9H2,1-5H3. The Bertz CT molecular complexity index is 251. The molecule has 0 aromatic heterocycles. The zero-order valence-electron chi connectivity index (χ0n) is 11.9. The molecule has 4 nitrogen and oxygen atoms in total. The molecule has 1 aliphatic rings. The summed E-state index contributed by atoms with van der Waals surface area (Å²) in [6.07, 6.45) is 2.66. The predicted octanol–water partition coefficient (Wildman–Crippen LogP) is 0.926. The monoisotopic (exact) mass is 241 g/mol. The molecule has 0 aromatic carbocycles. The van der Waals surface area contributed by atoms with Gasteiger partial charge in [0.2, 0.25) is 5.91 Å². The molecule has 0 heterocycles. The molecular weight excluding hydrogens is 214 g/mol. The van der Waals surface area contributed by atoms with Crippen LogP contribution >= 0.6 is 0 Å². The van der Waals surface area contributed by atoms with Gasteiger partial charge in [0, 0.05) is 31.7 Å². The van der Waals surface area contributed by atoms with Crippen molar-refractivity contribution in [2.45, 2.75) is 51.7 Å². The molecule has 0 aromatic rings. The van der Waals surface area contributed by atoms with E-state index in [4.69, 9.17) is 0 Å². The van der Waals surface area contributed by atoms with E-state index in [2.05, 4.69) is 24.2 Å². The Labute approximate surface area is 105 Å². The van der Waals surface area contributed by atoms with Crippen LogP contribution in [0, 0.1) is 0 Å². The molecule has 1 aliphatic carbocycles. The van der Waals surface area contributed by atoms with Crippen molar-refractivity contribution in [1.82, 2.24) is 15.1 Å². The SMILES string of the molecule is CC(C)N(C)C(=O)CNCC(C)N(C)C1CC1. The van der Waals surface area contributed by atoms with Crippen molar-refractivity contribution in [3.63, 3.8) is 0 Å². The van der Waals surface area contributed by atoms with Crippen LogP contribution in [0.4, 0.5) is 0 Å². The molecule has 1 amide bonds. The molecule has 1 rings (SSSR count). The first-order valence-electron chi connectivity index (χ1n) is 6.61.